The van der Waals surface area contributed by atoms with E-state index >= 15 is 0 Å². The molecule has 2 N–H and O–H groups in total. The number of hydrogen-bond donors (Lipinski definition) is 1. The summed E-state index contributed by atoms with van der Waals surface area (Å²) in [7, 11) is 3.80. The van der Waals surface area contributed by atoms with Gasteiger partial charge in [0.2, 0.25) is 0 Å². The van der Waals surface area contributed by atoms with Crippen LogP contribution in [0.5, 0.6) is 0 Å². The van der Waals surface area contributed by atoms with E-state index in [1.807, 2.05) is 0 Å². The lowest BCUT2D eigenvalue weighted by Gasteiger charge is -2.18. The zero-order chi connectivity index (χ0) is 13.0. The molecular formula is C12H20N4OS. The standard InChI is InChI=1S/C12H20N4OS/c1-15(6-3-8-17-2)11-10(4-5-13)16-7-9-18-12(16)14-11/h7,9H,3-6,8,13H2,1-2H3. The Hall–Kier alpha value is -1.11. The fourth-order valence-electron chi connectivity index (χ4n) is 2.05. The van der Waals surface area contributed by atoms with Crippen LogP contribution in [0, 0.1) is 0 Å². The first kappa shape index (κ1) is 13.3. The Morgan fingerprint density at radius 1 is 1.56 bits per heavy atom. The number of anilines is 1. The third-order valence-electron chi connectivity index (χ3n) is 2.92. The van der Waals surface area contributed by atoms with Gasteiger partial charge in [-0.15, -0.1) is 11.3 Å². The molecule has 2 rings (SSSR count). The second-order valence-corrected chi connectivity index (χ2v) is 5.12. The SMILES string of the molecule is COCCCN(C)c1nc2sccn2c1CCN. The zero-order valence-electron chi connectivity index (χ0n) is 10.9. The number of nitrogens with two attached hydrogens (primary N) is 1. The molecular weight excluding hydrogens is 248 g/mol. The van der Waals surface area contributed by atoms with Crippen LogP contribution in [0.2, 0.25) is 0 Å². The molecule has 6 heteroatoms. The predicted molar refractivity (Wildman–Crippen MR) is 75.6 cm³/mol. The second-order valence-electron chi connectivity index (χ2n) is 4.24. The van der Waals surface area contributed by atoms with Gasteiger partial charge in [-0.1, -0.05) is 0 Å². The monoisotopic (exact) mass is 268 g/mol. The van der Waals surface area contributed by atoms with Crippen molar-refractivity contribution >= 4 is 22.1 Å². The van der Waals surface area contributed by atoms with E-state index in [9.17, 15) is 0 Å². The smallest absolute Gasteiger partial charge is 0.195 e. The number of thiazole rings is 1. The van der Waals surface area contributed by atoms with Gasteiger partial charge < -0.3 is 15.4 Å². The lowest BCUT2D eigenvalue weighted by Crippen LogP contribution is -2.22. The number of imidazole rings is 1. The van der Waals surface area contributed by atoms with Gasteiger partial charge in [0, 0.05) is 45.3 Å². The molecule has 0 bridgehead atoms. The van der Waals surface area contributed by atoms with Gasteiger partial charge >= 0.3 is 0 Å². The van der Waals surface area contributed by atoms with Crippen molar-refractivity contribution in [3.63, 3.8) is 0 Å². The van der Waals surface area contributed by atoms with E-state index in [1.54, 1.807) is 18.4 Å². The second kappa shape index (κ2) is 6.17. The lowest BCUT2D eigenvalue weighted by atomic mass is 10.3. The van der Waals surface area contributed by atoms with Crippen molar-refractivity contribution in [2.24, 2.45) is 5.73 Å². The first-order valence-electron chi connectivity index (χ1n) is 6.12. The Bertz CT molecular complexity index is 493. The molecule has 2 aromatic heterocycles. The third kappa shape index (κ3) is 2.66. The van der Waals surface area contributed by atoms with Crippen molar-refractivity contribution in [2.75, 3.05) is 38.8 Å². The van der Waals surface area contributed by atoms with Gasteiger partial charge in [0.1, 0.15) is 0 Å². The molecule has 0 unspecified atom stereocenters. The van der Waals surface area contributed by atoms with Crippen LogP contribution in [0.15, 0.2) is 11.6 Å². The van der Waals surface area contributed by atoms with Crippen LogP contribution >= 0.6 is 11.3 Å². The van der Waals surface area contributed by atoms with Crippen molar-refractivity contribution < 1.29 is 4.74 Å². The van der Waals surface area contributed by atoms with E-state index < -0.39 is 0 Å². The first-order chi connectivity index (χ1) is 8.77. The Morgan fingerprint density at radius 2 is 2.39 bits per heavy atom. The highest BCUT2D eigenvalue weighted by molar-refractivity contribution is 7.15. The van der Waals surface area contributed by atoms with Gasteiger partial charge in [-0.3, -0.25) is 4.40 Å². The van der Waals surface area contributed by atoms with E-state index in [0.29, 0.717) is 6.54 Å². The topological polar surface area (TPSA) is 55.8 Å². The third-order valence-corrected chi connectivity index (χ3v) is 3.68. The van der Waals surface area contributed by atoms with E-state index in [2.05, 4.69) is 32.9 Å². The molecule has 0 radical (unpaired) electrons. The number of rotatable bonds is 7. The Morgan fingerprint density at radius 3 is 3.11 bits per heavy atom. The van der Waals surface area contributed by atoms with Gasteiger partial charge in [0.05, 0.1) is 5.69 Å². The van der Waals surface area contributed by atoms with Crippen LogP contribution in [-0.4, -0.2) is 43.2 Å². The molecule has 0 spiro atoms. The molecule has 0 aliphatic heterocycles. The predicted octanol–water partition coefficient (Wildman–Crippen LogP) is 1.37. The Labute approximate surface area is 111 Å². The molecule has 2 heterocycles. The van der Waals surface area contributed by atoms with E-state index in [-0.39, 0.29) is 0 Å². The summed E-state index contributed by atoms with van der Waals surface area (Å²) in [6.45, 7) is 2.36. The molecule has 0 aromatic carbocycles. The molecule has 5 nitrogen and oxygen atoms in total. The van der Waals surface area contributed by atoms with Gasteiger partial charge in [0.25, 0.3) is 0 Å². The zero-order valence-corrected chi connectivity index (χ0v) is 11.7. The minimum Gasteiger partial charge on any atom is -0.385 e. The molecule has 0 atom stereocenters. The fraction of sp³-hybridized carbons (Fsp3) is 0.583. The summed E-state index contributed by atoms with van der Waals surface area (Å²) >= 11 is 1.65. The average Bonchev–Trinajstić information content (AvgIpc) is 2.92. The molecule has 0 fully saturated rings. The highest BCUT2D eigenvalue weighted by Gasteiger charge is 2.15. The number of fused-ring (bicyclic) bond motifs is 1. The van der Waals surface area contributed by atoms with Gasteiger partial charge in [-0.05, 0) is 13.0 Å². The van der Waals surface area contributed by atoms with Crippen molar-refractivity contribution in [1.29, 1.82) is 0 Å². The summed E-state index contributed by atoms with van der Waals surface area (Å²) in [6, 6.07) is 0. The molecule has 100 valence electrons. The summed E-state index contributed by atoms with van der Waals surface area (Å²) in [6.07, 6.45) is 3.91. The molecule has 0 amide bonds. The molecule has 18 heavy (non-hydrogen) atoms. The molecule has 0 saturated carbocycles. The van der Waals surface area contributed by atoms with Gasteiger partial charge in [-0.25, -0.2) is 4.98 Å². The van der Waals surface area contributed by atoms with E-state index in [4.69, 9.17) is 10.5 Å². The number of ether oxygens (including phenoxy) is 1. The van der Waals surface area contributed by atoms with E-state index in [1.165, 1.54) is 5.69 Å². The van der Waals surface area contributed by atoms with Gasteiger partial charge in [0.15, 0.2) is 10.8 Å². The van der Waals surface area contributed by atoms with Crippen LogP contribution in [0.4, 0.5) is 5.82 Å². The maximum atomic E-state index is 5.69. The molecule has 0 saturated heterocycles. The number of aromatic nitrogens is 2. The molecule has 0 aliphatic rings. The highest BCUT2D eigenvalue weighted by atomic mass is 32.1. The average molecular weight is 268 g/mol. The van der Waals surface area contributed by atoms with E-state index in [0.717, 1.165) is 36.8 Å². The van der Waals surface area contributed by atoms with Crippen LogP contribution in [0.1, 0.15) is 12.1 Å². The van der Waals surface area contributed by atoms with Crippen molar-refractivity contribution in [2.45, 2.75) is 12.8 Å². The maximum absolute atomic E-state index is 5.69. The van der Waals surface area contributed by atoms with Gasteiger partial charge in [-0.2, -0.15) is 0 Å². The van der Waals surface area contributed by atoms with Crippen LogP contribution in [0.3, 0.4) is 0 Å². The summed E-state index contributed by atoms with van der Waals surface area (Å²) in [5.41, 5.74) is 6.90. The quantitative estimate of drug-likeness (QED) is 0.771. The molecule has 0 aliphatic carbocycles. The fourth-order valence-corrected chi connectivity index (χ4v) is 2.78. The van der Waals surface area contributed by atoms with Crippen LogP contribution in [0.25, 0.3) is 4.96 Å². The maximum Gasteiger partial charge on any atom is 0.195 e. The van der Waals surface area contributed by atoms with Crippen LogP contribution < -0.4 is 10.6 Å². The van der Waals surface area contributed by atoms with Crippen LogP contribution in [-0.2, 0) is 11.2 Å². The van der Waals surface area contributed by atoms with Crippen molar-refractivity contribution in [3.05, 3.63) is 17.3 Å². The lowest BCUT2D eigenvalue weighted by molar-refractivity contribution is 0.196. The minimum absolute atomic E-state index is 0.641. The highest BCUT2D eigenvalue weighted by Crippen LogP contribution is 2.24. The Kier molecular flexibility index (Phi) is 4.57. The minimum atomic E-state index is 0.641. The number of hydrogen-bond acceptors (Lipinski definition) is 5. The summed E-state index contributed by atoms with van der Waals surface area (Å²) < 4.78 is 7.22. The Balaban J connectivity index is 2.19. The first-order valence-corrected chi connectivity index (χ1v) is 7.00. The largest absolute Gasteiger partial charge is 0.385 e. The summed E-state index contributed by atoms with van der Waals surface area (Å²) in [4.78, 5) is 7.90. The normalized spacial score (nSPS) is 11.3. The van der Waals surface area contributed by atoms with Crippen molar-refractivity contribution in [1.82, 2.24) is 9.38 Å². The van der Waals surface area contributed by atoms with Crippen molar-refractivity contribution in [3.8, 4) is 0 Å². The number of methoxy groups -OCH3 is 1. The summed E-state index contributed by atoms with van der Waals surface area (Å²) in [5, 5.41) is 2.05. The summed E-state index contributed by atoms with van der Waals surface area (Å²) in [5.74, 6) is 1.04. The molecule has 2 aromatic rings. The number of nitrogens with zero attached hydrogens (tertiary/aromatic N) is 3.